The average Bonchev–Trinajstić information content (AvgIpc) is 2.32. The molecule has 0 aromatic heterocycles. The molecule has 0 spiro atoms. The molecule has 1 aromatic rings. The van der Waals surface area contributed by atoms with Gasteiger partial charge in [0.05, 0.1) is 13.1 Å². The first-order valence-corrected chi connectivity index (χ1v) is 5.99. The molecule has 0 aliphatic carbocycles. The van der Waals surface area contributed by atoms with Crippen molar-refractivity contribution in [3.05, 3.63) is 29.8 Å². The number of amides is 2. The lowest BCUT2D eigenvalue weighted by Crippen LogP contribution is -2.49. The molecule has 1 aliphatic heterocycles. The zero-order chi connectivity index (χ0) is 13.0. The van der Waals surface area contributed by atoms with Gasteiger partial charge < -0.3 is 10.6 Å². The van der Waals surface area contributed by atoms with E-state index in [-0.39, 0.29) is 18.4 Å². The van der Waals surface area contributed by atoms with Crippen molar-refractivity contribution in [1.82, 2.24) is 10.2 Å². The highest BCUT2D eigenvalue weighted by Crippen LogP contribution is 2.08. The molecule has 0 radical (unpaired) electrons. The minimum atomic E-state index is -0.0893. The highest BCUT2D eigenvalue weighted by atomic mass is 16.2. The summed E-state index contributed by atoms with van der Waals surface area (Å²) < 4.78 is 0. The normalized spacial score (nSPS) is 16.2. The van der Waals surface area contributed by atoms with Crippen LogP contribution < -0.4 is 10.6 Å². The number of hydrogen-bond donors (Lipinski definition) is 2. The monoisotopic (exact) mass is 247 g/mol. The Morgan fingerprint density at radius 1 is 1.39 bits per heavy atom. The molecule has 5 heteroatoms. The highest BCUT2D eigenvalue weighted by molar-refractivity contribution is 5.92. The van der Waals surface area contributed by atoms with E-state index in [0.717, 1.165) is 11.3 Å². The Balaban J connectivity index is 1.84. The third kappa shape index (κ3) is 3.56. The third-order valence-corrected chi connectivity index (χ3v) is 2.82. The van der Waals surface area contributed by atoms with Gasteiger partial charge in [0, 0.05) is 18.8 Å². The lowest BCUT2D eigenvalue weighted by atomic mass is 10.2. The van der Waals surface area contributed by atoms with E-state index in [1.54, 1.807) is 0 Å². The molecule has 96 valence electrons. The Morgan fingerprint density at radius 2 is 2.11 bits per heavy atom. The summed E-state index contributed by atoms with van der Waals surface area (Å²) in [6.07, 6.45) is 0. The summed E-state index contributed by atoms with van der Waals surface area (Å²) in [6, 6.07) is 7.64. The summed E-state index contributed by atoms with van der Waals surface area (Å²) in [5, 5.41) is 5.55. The molecular weight excluding hydrogens is 230 g/mol. The van der Waals surface area contributed by atoms with E-state index in [4.69, 9.17) is 0 Å². The maximum atomic E-state index is 11.8. The van der Waals surface area contributed by atoms with Crippen LogP contribution in [0.25, 0.3) is 0 Å². The summed E-state index contributed by atoms with van der Waals surface area (Å²) in [6.45, 7) is 3.87. The van der Waals surface area contributed by atoms with Crippen LogP contribution in [0.2, 0.25) is 0 Å². The minimum absolute atomic E-state index is 0.0237. The second-order valence-corrected chi connectivity index (χ2v) is 4.47. The first kappa shape index (κ1) is 12.6. The molecule has 0 bridgehead atoms. The van der Waals surface area contributed by atoms with Crippen LogP contribution in [0.4, 0.5) is 5.69 Å². The van der Waals surface area contributed by atoms with Gasteiger partial charge in [0.2, 0.25) is 11.8 Å². The zero-order valence-corrected chi connectivity index (χ0v) is 10.4. The van der Waals surface area contributed by atoms with Gasteiger partial charge in [-0.25, -0.2) is 0 Å². The van der Waals surface area contributed by atoms with Gasteiger partial charge in [-0.2, -0.15) is 0 Å². The summed E-state index contributed by atoms with van der Waals surface area (Å²) in [4.78, 5) is 24.8. The molecule has 0 saturated carbocycles. The van der Waals surface area contributed by atoms with Crippen LogP contribution in [0.5, 0.6) is 0 Å². The Bertz CT molecular complexity index is 442. The minimum Gasteiger partial charge on any atom is -0.354 e. The summed E-state index contributed by atoms with van der Waals surface area (Å²) in [5.74, 6) is -0.113. The van der Waals surface area contributed by atoms with E-state index in [0.29, 0.717) is 19.6 Å². The van der Waals surface area contributed by atoms with Gasteiger partial charge in [-0.05, 0) is 19.1 Å². The molecule has 0 unspecified atom stereocenters. The second kappa shape index (κ2) is 5.64. The zero-order valence-electron chi connectivity index (χ0n) is 10.4. The maximum Gasteiger partial charge on any atom is 0.238 e. The van der Waals surface area contributed by atoms with Crippen LogP contribution in [-0.4, -0.2) is 42.9 Å². The number of nitrogens with zero attached hydrogens (tertiary/aromatic N) is 1. The van der Waals surface area contributed by atoms with Crippen molar-refractivity contribution in [3.63, 3.8) is 0 Å². The van der Waals surface area contributed by atoms with Gasteiger partial charge in [-0.3, -0.25) is 14.5 Å². The van der Waals surface area contributed by atoms with Crippen molar-refractivity contribution in [2.75, 3.05) is 31.5 Å². The van der Waals surface area contributed by atoms with Gasteiger partial charge >= 0.3 is 0 Å². The molecule has 1 saturated heterocycles. The fraction of sp³-hybridized carbons (Fsp3) is 0.385. The van der Waals surface area contributed by atoms with Crippen molar-refractivity contribution in [3.8, 4) is 0 Å². The fourth-order valence-corrected chi connectivity index (χ4v) is 1.87. The first-order valence-electron chi connectivity index (χ1n) is 5.99. The number of piperazine rings is 1. The van der Waals surface area contributed by atoms with Gasteiger partial charge in [0.1, 0.15) is 0 Å². The van der Waals surface area contributed by atoms with Crippen LogP contribution in [0.15, 0.2) is 24.3 Å². The number of carbonyl (C=O) groups is 2. The molecule has 18 heavy (non-hydrogen) atoms. The molecule has 0 atom stereocenters. The van der Waals surface area contributed by atoms with Gasteiger partial charge in [-0.1, -0.05) is 17.7 Å². The number of hydrogen-bond acceptors (Lipinski definition) is 3. The molecule has 5 nitrogen and oxygen atoms in total. The number of rotatable bonds is 3. The van der Waals surface area contributed by atoms with E-state index < -0.39 is 0 Å². The smallest absolute Gasteiger partial charge is 0.238 e. The lowest BCUT2D eigenvalue weighted by molar-refractivity contribution is -0.125. The predicted molar refractivity (Wildman–Crippen MR) is 69.3 cm³/mol. The predicted octanol–water partition coefficient (Wildman–Crippen LogP) is 0.365. The lowest BCUT2D eigenvalue weighted by Gasteiger charge is -2.25. The van der Waals surface area contributed by atoms with E-state index in [1.165, 1.54) is 0 Å². The first-order chi connectivity index (χ1) is 8.63. The number of nitrogens with one attached hydrogen (secondary N) is 2. The van der Waals surface area contributed by atoms with Crippen LogP contribution in [-0.2, 0) is 9.59 Å². The largest absolute Gasteiger partial charge is 0.354 e. The Kier molecular flexibility index (Phi) is 3.94. The van der Waals surface area contributed by atoms with E-state index >= 15 is 0 Å². The number of anilines is 1. The van der Waals surface area contributed by atoms with Crippen molar-refractivity contribution in [2.45, 2.75) is 6.92 Å². The highest BCUT2D eigenvalue weighted by Gasteiger charge is 2.18. The number of aryl methyl sites for hydroxylation is 1. The molecule has 1 aliphatic rings. The van der Waals surface area contributed by atoms with Gasteiger partial charge in [-0.15, -0.1) is 0 Å². The van der Waals surface area contributed by atoms with Gasteiger partial charge in [0.25, 0.3) is 0 Å². The Hall–Kier alpha value is -1.88. The molecule has 1 fully saturated rings. The van der Waals surface area contributed by atoms with Crippen LogP contribution in [0.3, 0.4) is 0 Å². The maximum absolute atomic E-state index is 11.8. The molecule has 1 heterocycles. The van der Waals surface area contributed by atoms with Crippen molar-refractivity contribution in [2.24, 2.45) is 0 Å². The van der Waals surface area contributed by atoms with Crippen LogP contribution in [0.1, 0.15) is 5.56 Å². The molecule has 2 rings (SSSR count). The Labute approximate surface area is 106 Å². The van der Waals surface area contributed by atoms with Crippen LogP contribution in [0, 0.1) is 6.92 Å². The van der Waals surface area contributed by atoms with E-state index in [9.17, 15) is 9.59 Å². The standard InChI is InChI=1S/C13H17N3O2/c1-10-2-4-11(5-3-10)15-13(18)9-16-7-6-14-12(17)8-16/h2-5H,6-9H2,1H3,(H,14,17)(H,15,18). The summed E-state index contributed by atoms with van der Waals surface area (Å²) in [7, 11) is 0. The average molecular weight is 247 g/mol. The molecule has 1 aromatic carbocycles. The van der Waals surface area contributed by atoms with Gasteiger partial charge in [0.15, 0.2) is 0 Å². The number of carbonyl (C=O) groups excluding carboxylic acids is 2. The third-order valence-electron chi connectivity index (χ3n) is 2.82. The SMILES string of the molecule is Cc1ccc(NC(=O)CN2CCNC(=O)C2)cc1. The second-order valence-electron chi connectivity index (χ2n) is 4.47. The summed E-state index contributed by atoms with van der Waals surface area (Å²) in [5.41, 5.74) is 1.94. The quantitative estimate of drug-likeness (QED) is 0.811. The van der Waals surface area contributed by atoms with Crippen LogP contribution >= 0.6 is 0 Å². The van der Waals surface area contributed by atoms with E-state index in [1.807, 2.05) is 36.1 Å². The van der Waals surface area contributed by atoms with Crippen molar-refractivity contribution < 1.29 is 9.59 Å². The molecule has 2 N–H and O–H groups in total. The Morgan fingerprint density at radius 3 is 2.78 bits per heavy atom. The van der Waals surface area contributed by atoms with Crippen molar-refractivity contribution >= 4 is 17.5 Å². The molecule has 2 amide bonds. The molecular formula is C13H17N3O2. The van der Waals surface area contributed by atoms with E-state index in [2.05, 4.69) is 10.6 Å². The topological polar surface area (TPSA) is 61.4 Å². The van der Waals surface area contributed by atoms with Crippen molar-refractivity contribution in [1.29, 1.82) is 0 Å². The fourth-order valence-electron chi connectivity index (χ4n) is 1.87. The summed E-state index contributed by atoms with van der Waals surface area (Å²) >= 11 is 0. The number of benzene rings is 1.